The minimum atomic E-state index is 0.113. The first-order valence-corrected chi connectivity index (χ1v) is 6.90. The van der Waals surface area contributed by atoms with Crippen molar-refractivity contribution in [1.82, 2.24) is 5.32 Å². The zero-order valence-electron chi connectivity index (χ0n) is 12.8. The SMILES string of the molecule is COc1cc2c(cc1OC)[C@@H](C(C)C)NC(C)(C)C2. The van der Waals surface area contributed by atoms with Gasteiger partial charge < -0.3 is 14.8 Å². The number of hydrogen-bond acceptors (Lipinski definition) is 3. The van der Waals surface area contributed by atoms with Crippen LogP contribution < -0.4 is 14.8 Å². The summed E-state index contributed by atoms with van der Waals surface area (Å²) in [6.07, 6.45) is 1.01. The molecule has 1 aliphatic heterocycles. The molecule has 106 valence electrons. The number of rotatable bonds is 3. The van der Waals surface area contributed by atoms with Gasteiger partial charge in [-0.2, -0.15) is 0 Å². The summed E-state index contributed by atoms with van der Waals surface area (Å²) >= 11 is 0. The Morgan fingerprint density at radius 2 is 1.74 bits per heavy atom. The van der Waals surface area contributed by atoms with Crippen LogP contribution in [0.1, 0.15) is 44.9 Å². The van der Waals surface area contributed by atoms with Gasteiger partial charge in [0.1, 0.15) is 0 Å². The summed E-state index contributed by atoms with van der Waals surface area (Å²) in [5, 5.41) is 3.74. The maximum absolute atomic E-state index is 5.43. The highest BCUT2D eigenvalue weighted by atomic mass is 16.5. The summed E-state index contributed by atoms with van der Waals surface area (Å²) in [7, 11) is 3.38. The van der Waals surface area contributed by atoms with Crippen LogP contribution in [0, 0.1) is 5.92 Å². The van der Waals surface area contributed by atoms with Gasteiger partial charge in [0.15, 0.2) is 11.5 Å². The van der Waals surface area contributed by atoms with E-state index in [0.29, 0.717) is 12.0 Å². The summed E-state index contributed by atoms with van der Waals surface area (Å²) in [6, 6.07) is 4.62. The first kappa shape index (κ1) is 14.2. The van der Waals surface area contributed by atoms with Gasteiger partial charge in [-0.1, -0.05) is 13.8 Å². The van der Waals surface area contributed by atoms with Gasteiger partial charge in [-0.25, -0.2) is 0 Å². The molecule has 0 saturated heterocycles. The molecule has 0 amide bonds. The van der Waals surface area contributed by atoms with Crippen molar-refractivity contribution < 1.29 is 9.47 Å². The smallest absolute Gasteiger partial charge is 0.161 e. The van der Waals surface area contributed by atoms with Crippen molar-refractivity contribution >= 4 is 0 Å². The van der Waals surface area contributed by atoms with Crippen LogP contribution in [0.15, 0.2) is 12.1 Å². The van der Waals surface area contributed by atoms with Crippen LogP contribution in [-0.4, -0.2) is 19.8 Å². The topological polar surface area (TPSA) is 30.5 Å². The third-order valence-electron chi connectivity index (χ3n) is 3.83. The molecule has 2 rings (SSSR count). The minimum Gasteiger partial charge on any atom is -0.493 e. The Hall–Kier alpha value is -1.22. The van der Waals surface area contributed by atoms with Gasteiger partial charge in [-0.05, 0) is 49.4 Å². The lowest BCUT2D eigenvalue weighted by atomic mass is 9.80. The molecule has 0 fully saturated rings. The summed E-state index contributed by atoms with van der Waals surface area (Å²) < 4.78 is 10.9. The molecule has 1 atom stereocenters. The molecule has 1 aromatic carbocycles. The highest BCUT2D eigenvalue weighted by molar-refractivity contribution is 5.50. The number of fused-ring (bicyclic) bond motifs is 1. The Labute approximate surface area is 116 Å². The molecule has 0 radical (unpaired) electrons. The second kappa shape index (κ2) is 5.04. The van der Waals surface area contributed by atoms with E-state index in [2.05, 4.69) is 45.1 Å². The van der Waals surface area contributed by atoms with Gasteiger partial charge in [-0.3, -0.25) is 0 Å². The second-order valence-electron chi connectivity index (χ2n) is 6.33. The van der Waals surface area contributed by atoms with E-state index in [1.54, 1.807) is 14.2 Å². The van der Waals surface area contributed by atoms with Crippen molar-refractivity contribution in [2.75, 3.05) is 14.2 Å². The van der Waals surface area contributed by atoms with Gasteiger partial charge in [0.05, 0.1) is 14.2 Å². The van der Waals surface area contributed by atoms with Crippen molar-refractivity contribution in [3.8, 4) is 11.5 Å². The molecule has 1 aliphatic rings. The van der Waals surface area contributed by atoms with Gasteiger partial charge in [0.25, 0.3) is 0 Å². The molecule has 1 aromatic rings. The monoisotopic (exact) mass is 263 g/mol. The molecule has 1 N–H and O–H groups in total. The molecule has 3 nitrogen and oxygen atoms in total. The summed E-state index contributed by atoms with van der Waals surface area (Å²) in [5.74, 6) is 2.17. The van der Waals surface area contributed by atoms with Crippen LogP contribution >= 0.6 is 0 Å². The number of methoxy groups -OCH3 is 2. The fourth-order valence-electron chi connectivity index (χ4n) is 2.93. The maximum Gasteiger partial charge on any atom is 0.161 e. The van der Waals surface area contributed by atoms with Crippen molar-refractivity contribution in [2.45, 2.75) is 45.7 Å². The Bertz CT molecular complexity index is 466. The molecule has 0 unspecified atom stereocenters. The van der Waals surface area contributed by atoms with Gasteiger partial charge in [-0.15, -0.1) is 0 Å². The summed E-state index contributed by atoms with van der Waals surface area (Å²) in [4.78, 5) is 0. The first-order valence-electron chi connectivity index (χ1n) is 6.90. The molecule has 0 aromatic heterocycles. The lowest BCUT2D eigenvalue weighted by molar-refractivity contribution is 0.263. The van der Waals surface area contributed by atoms with Crippen molar-refractivity contribution in [2.24, 2.45) is 5.92 Å². The Morgan fingerprint density at radius 1 is 1.16 bits per heavy atom. The standard InChI is InChI=1S/C16H25NO2/c1-10(2)15-12-8-14(19-6)13(18-5)7-11(12)9-16(3,4)17-15/h7-8,10,15,17H,9H2,1-6H3/t15-/m1/s1. The summed E-state index contributed by atoms with van der Waals surface area (Å²) in [6.45, 7) is 9.00. The Balaban J connectivity index is 2.54. The molecular formula is C16H25NO2. The van der Waals surface area contributed by atoms with E-state index in [1.165, 1.54) is 11.1 Å². The normalized spacial score (nSPS) is 21.1. The van der Waals surface area contributed by atoms with Gasteiger partial charge in [0, 0.05) is 11.6 Å². The average Bonchev–Trinajstić information content (AvgIpc) is 2.35. The van der Waals surface area contributed by atoms with Crippen LogP contribution in [-0.2, 0) is 6.42 Å². The third-order valence-corrected chi connectivity index (χ3v) is 3.83. The fourth-order valence-corrected chi connectivity index (χ4v) is 2.93. The molecule has 19 heavy (non-hydrogen) atoms. The van der Waals surface area contributed by atoms with Gasteiger partial charge in [0.2, 0.25) is 0 Å². The number of benzene rings is 1. The summed E-state index contributed by atoms with van der Waals surface area (Å²) in [5.41, 5.74) is 2.81. The molecule has 0 bridgehead atoms. The highest BCUT2D eigenvalue weighted by Gasteiger charge is 2.33. The molecule has 0 aliphatic carbocycles. The minimum absolute atomic E-state index is 0.113. The van der Waals surface area contributed by atoms with Crippen LogP contribution in [0.5, 0.6) is 11.5 Å². The van der Waals surface area contributed by atoms with Crippen LogP contribution in [0.4, 0.5) is 0 Å². The lowest BCUT2D eigenvalue weighted by Gasteiger charge is -2.41. The van der Waals surface area contributed by atoms with E-state index in [4.69, 9.17) is 9.47 Å². The largest absolute Gasteiger partial charge is 0.493 e. The van der Waals surface area contributed by atoms with Crippen molar-refractivity contribution in [1.29, 1.82) is 0 Å². The maximum atomic E-state index is 5.43. The number of nitrogens with one attached hydrogen (secondary N) is 1. The quantitative estimate of drug-likeness (QED) is 0.907. The first-order chi connectivity index (χ1) is 8.88. The molecule has 1 heterocycles. The zero-order valence-corrected chi connectivity index (χ0v) is 12.8. The predicted molar refractivity (Wildman–Crippen MR) is 78.0 cm³/mol. The van der Waals surface area contributed by atoms with Gasteiger partial charge >= 0.3 is 0 Å². The second-order valence-corrected chi connectivity index (χ2v) is 6.33. The Kier molecular flexibility index (Phi) is 3.77. The van der Waals surface area contributed by atoms with Crippen LogP contribution in [0.25, 0.3) is 0 Å². The van der Waals surface area contributed by atoms with E-state index in [-0.39, 0.29) is 5.54 Å². The third kappa shape index (κ3) is 2.71. The molecule has 3 heteroatoms. The molecule has 0 spiro atoms. The van der Waals surface area contributed by atoms with E-state index in [0.717, 1.165) is 17.9 Å². The van der Waals surface area contributed by atoms with E-state index in [1.807, 2.05) is 0 Å². The van der Waals surface area contributed by atoms with E-state index < -0.39 is 0 Å². The fraction of sp³-hybridized carbons (Fsp3) is 0.625. The number of hydrogen-bond donors (Lipinski definition) is 1. The zero-order chi connectivity index (χ0) is 14.2. The average molecular weight is 263 g/mol. The van der Waals surface area contributed by atoms with E-state index >= 15 is 0 Å². The van der Waals surface area contributed by atoms with Crippen LogP contribution in [0.3, 0.4) is 0 Å². The molecule has 0 saturated carbocycles. The number of ether oxygens (including phenoxy) is 2. The van der Waals surface area contributed by atoms with Crippen LogP contribution in [0.2, 0.25) is 0 Å². The molecular weight excluding hydrogens is 238 g/mol. The van der Waals surface area contributed by atoms with Crippen molar-refractivity contribution in [3.63, 3.8) is 0 Å². The highest BCUT2D eigenvalue weighted by Crippen LogP contribution is 2.40. The lowest BCUT2D eigenvalue weighted by Crippen LogP contribution is -2.48. The Morgan fingerprint density at radius 3 is 2.26 bits per heavy atom. The van der Waals surface area contributed by atoms with E-state index in [9.17, 15) is 0 Å². The van der Waals surface area contributed by atoms with Crippen molar-refractivity contribution in [3.05, 3.63) is 23.3 Å². The predicted octanol–water partition coefficient (Wildman–Crippen LogP) is 3.33.